The van der Waals surface area contributed by atoms with Crippen LogP contribution in [0.2, 0.25) is 0 Å². The summed E-state index contributed by atoms with van der Waals surface area (Å²) < 4.78 is 5.02. The van der Waals surface area contributed by atoms with Gasteiger partial charge in [-0.3, -0.25) is 14.5 Å². The molecule has 0 aliphatic carbocycles. The third-order valence-electron chi connectivity index (χ3n) is 4.78. The molecule has 1 aliphatic rings. The van der Waals surface area contributed by atoms with Crippen LogP contribution in [0.1, 0.15) is 27.0 Å². The van der Waals surface area contributed by atoms with Gasteiger partial charge in [-0.25, -0.2) is 0 Å². The van der Waals surface area contributed by atoms with Crippen LogP contribution in [-0.2, 0) is 29.0 Å². The molecule has 0 saturated carbocycles. The highest BCUT2D eigenvalue weighted by molar-refractivity contribution is 5.94. The molecule has 0 radical (unpaired) electrons. The Morgan fingerprint density at radius 2 is 1.85 bits per heavy atom. The molecular weight excluding hydrogens is 328 g/mol. The molecule has 26 heavy (non-hydrogen) atoms. The van der Waals surface area contributed by atoms with Crippen molar-refractivity contribution in [3.63, 3.8) is 0 Å². The van der Waals surface area contributed by atoms with Crippen LogP contribution in [0, 0.1) is 0 Å². The largest absolute Gasteiger partial charge is 0.468 e. The third-order valence-corrected chi connectivity index (χ3v) is 4.78. The maximum atomic E-state index is 12.3. The molecular formula is C21H24N2O3. The SMILES string of the molecule is COC(=O)[C@H]1Cc2ccccc2CN1Cc1cccc(C(=O)N(C)C)c1. The Morgan fingerprint density at radius 1 is 1.12 bits per heavy atom. The first-order valence-corrected chi connectivity index (χ1v) is 8.69. The van der Waals surface area contributed by atoms with Crippen LogP contribution in [-0.4, -0.2) is 48.9 Å². The van der Waals surface area contributed by atoms with Crippen LogP contribution in [0.15, 0.2) is 48.5 Å². The minimum Gasteiger partial charge on any atom is -0.468 e. The van der Waals surface area contributed by atoms with Crippen molar-refractivity contribution >= 4 is 11.9 Å². The number of nitrogens with zero attached hydrogens (tertiary/aromatic N) is 2. The lowest BCUT2D eigenvalue weighted by atomic mass is 9.93. The van der Waals surface area contributed by atoms with E-state index in [9.17, 15) is 9.59 Å². The van der Waals surface area contributed by atoms with Gasteiger partial charge in [-0.1, -0.05) is 36.4 Å². The standard InChI is InChI=1S/C21H24N2O3/c1-22(2)20(24)17-10-6-7-15(11-17)13-23-14-18-9-5-4-8-16(18)12-19(23)21(25)26-3/h4-11,19H,12-14H2,1-3H3/t19-/m1/s1. The van der Waals surface area contributed by atoms with Crippen LogP contribution >= 0.6 is 0 Å². The summed E-state index contributed by atoms with van der Waals surface area (Å²) in [6, 6.07) is 15.5. The van der Waals surface area contributed by atoms with E-state index >= 15 is 0 Å². The van der Waals surface area contributed by atoms with E-state index in [0.717, 1.165) is 5.56 Å². The Labute approximate surface area is 154 Å². The molecule has 5 heteroatoms. The number of amides is 1. The summed E-state index contributed by atoms with van der Waals surface area (Å²) in [7, 11) is 4.91. The molecule has 0 bridgehead atoms. The zero-order valence-corrected chi connectivity index (χ0v) is 15.4. The van der Waals surface area contributed by atoms with Crippen LogP contribution in [0.5, 0.6) is 0 Å². The summed E-state index contributed by atoms with van der Waals surface area (Å²) in [5.41, 5.74) is 4.08. The van der Waals surface area contributed by atoms with Crippen LogP contribution in [0.25, 0.3) is 0 Å². The minimum absolute atomic E-state index is 0.0274. The molecule has 3 rings (SSSR count). The quantitative estimate of drug-likeness (QED) is 0.794. The zero-order valence-electron chi connectivity index (χ0n) is 15.4. The summed E-state index contributed by atoms with van der Waals surface area (Å²) in [6.07, 6.45) is 0.638. The van der Waals surface area contributed by atoms with Gasteiger partial charge < -0.3 is 9.64 Å². The number of fused-ring (bicyclic) bond motifs is 1. The number of benzene rings is 2. The molecule has 2 aromatic rings. The van der Waals surface area contributed by atoms with Gasteiger partial charge in [-0.15, -0.1) is 0 Å². The van der Waals surface area contributed by atoms with Gasteiger partial charge in [0.25, 0.3) is 5.91 Å². The van der Waals surface area contributed by atoms with Crippen molar-refractivity contribution in [3.8, 4) is 0 Å². The second kappa shape index (κ2) is 7.70. The van der Waals surface area contributed by atoms with Crippen molar-refractivity contribution in [3.05, 3.63) is 70.8 Å². The van der Waals surface area contributed by atoms with Gasteiger partial charge in [0.05, 0.1) is 7.11 Å². The summed E-state index contributed by atoms with van der Waals surface area (Å²) >= 11 is 0. The van der Waals surface area contributed by atoms with Gasteiger partial charge >= 0.3 is 5.97 Å². The molecule has 0 N–H and O–H groups in total. The first kappa shape index (κ1) is 18.1. The first-order valence-electron chi connectivity index (χ1n) is 8.69. The fraction of sp³-hybridized carbons (Fsp3) is 0.333. The van der Waals surface area contributed by atoms with Crippen LogP contribution in [0.3, 0.4) is 0 Å². The fourth-order valence-electron chi connectivity index (χ4n) is 3.41. The average Bonchev–Trinajstić information content (AvgIpc) is 2.66. The average molecular weight is 352 g/mol. The Morgan fingerprint density at radius 3 is 2.54 bits per heavy atom. The van der Waals surface area contributed by atoms with Crippen molar-refractivity contribution in [2.24, 2.45) is 0 Å². The molecule has 2 aromatic carbocycles. The summed E-state index contributed by atoms with van der Waals surface area (Å²) in [6.45, 7) is 1.27. The summed E-state index contributed by atoms with van der Waals surface area (Å²) in [5, 5.41) is 0. The Bertz CT molecular complexity index is 816. The number of ether oxygens (including phenoxy) is 1. The van der Waals surface area contributed by atoms with E-state index in [1.165, 1.54) is 18.2 Å². The predicted molar refractivity (Wildman–Crippen MR) is 99.7 cm³/mol. The topological polar surface area (TPSA) is 49.9 Å². The Balaban J connectivity index is 1.86. The highest BCUT2D eigenvalue weighted by Gasteiger charge is 2.32. The van der Waals surface area contributed by atoms with E-state index in [2.05, 4.69) is 17.0 Å². The molecule has 0 unspecified atom stereocenters. The van der Waals surface area contributed by atoms with Crippen LogP contribution < -0.4 is 0 Å². The minimum atomic E-state index is -0.317. The van der Waals surface area contributed by atoms with E-state index in [0.29, 0.717) is 25.1 Å². The van der Waals surface area contributed by atoms with Crippen molar-refractivity contribution in [1.29, 1.82) is 0 Å². The lowest BCUT2D eigenvalue weighted by Crippen LogP contribution is -2.45. The lowest BCUT2D eigenvalue weighted by Gasteiger charge is -2.35. The number of esters is 1. The van der Waals surface area contributed by atoms with Gasteiger partial charge in [0, 0.05) is 32.7 Å². The Hall–Kier alpha value is -2.66. The van der Waals surface area contributed by atoms with Crippen LogP contribution in [0.4, 0.5) is 0 Å². The van der Waals surface area contributed by atoms with E-state index in [1.54, 1.807) is 19.0 Å². The van der Waals surface area contributed by atoms with Gasteiger partial charge in [0.15, 0.2) is 0 Å². The molecule has 1 amide bonds. The number of carbonyl (C=O) groups is 2. The zero-order chi connectivity index (χ0) is 18.7. The molecule has 136 valence electrons. The van der Waals surface area contributed by atoms with E-state index < -0.39 is 0 Å². The number of rotatable bonds is 4. The van der Waals surface area contributed by atoms with Gasteiger partial charge in [-0.05, 0) is 35.2 Å². The third kappa shape index (κ3) is 3.78. The highest BCUT2D eigenvalue weighted by Crippen LogP contribution is 2.26. The van der Waals surface area contributed by atoms with Crippen molar-refractivity contribution in [2.75, 3.05) is 21.2 Å². The second-order valence-electron chi connectivity index (χ2n) is 6.82. The number of hydrogen-bond acceptors (Lipinski definition) is 4. The molecule has 1 aliphatic heterocycles. The highest BCUT2D eigenvalue weighted by atomic mass is 16.5. The number of methoxy groups -OCH3 is 1. The molecule has 5 nitrogen and oxygen atoms in total. The normalized spacial score (nSPS) is 16.7. The summed E-state index contributed by atoms with van der Waals surface area (Å²) in [4.78, 5) is 28.2. The first-order chi connectivity index (χ1) is 12.5. The van der Waals surface area contributed by atoms with Crippen molar-refractivity contribution < 1.29 is 14.3 Å². The summed E-state index contributed by atoms with van der Waals surface area (Å²) in [5.74, 6) is -0.250. The smallest absolute Gasteiger partial charge is 0.323 e. The molecule has 0 saturated heterocycles. The second-order valence-corrected chi connectivity index (χ2v) is 6.82. The maximum Gasteiger partial charge on any atom is 0.323 e. The molecule has 1 atom stereocenters. The van der Waals surface area contributed by atoms with Gasteiger partial charge in [-0.2, -0.15) is 0 Å². The molecule has 0 fully saturated rings. The number of carbonyl (C=O) groups excluding carboxylic acids is 2. The van der Waals surface area contributed by atoms with E-state index in [-0.39, 0.29) is 17.9 Å². The van der Waals surface area contributed by atoms with Crippen molar-refractivity contribution in [1.82, 2.24) is 9.80 Å². The molecule has 1 heterocycles. The van der Waals surface area contributed by atoms with Crippen molar-refractivity contribution in [2.45, 2.75) is 25.6 Å². The predicted octanol–water partition coefficient (Wildman–Crippen LogP) is 2.49. The van der Waals surface area contributed by atoms with E-state index in [4.69, 9.17) is 4.74 Å². The fourth-order valence-corrected chi connectivity index (χ4v) is 3.41. The lowest BCUT2D eigenvalue weighted by molar-refractivity contribution is -0.148. The molecule has 0 aromatic heterocycles. The maximum absolute atomic E-state index is 12.3. The number of hydrogen-bond donors (Lipinski definition) is 0. The van der Waals surface area contributed by atoms with Gasteiger partial charge in [0.2, 0.25) is 0 Å². The molecule has 0 spiro atoms. The monoisotopic (exact) mass is 352 g/mol. The van der Waals surface area contributed by atoms with E-state index in [1.807, 2.05) is 36.4 Å². The Kier molecular flexibility index (Phi) is 5.38. The van der Waals surface area contributed by atoms with Gasteiger partial charge in [0.1, 0.15) is 6.04 Å².